The molecule has 2 rings (SSSR count). The smallest absolute Gasteiger partial charge is 0.147 e. The fourth-order valence-corrected chi connectivity index (χ4v) is 2.89. The van der Waals surface area contributed by atoms with Gasteiger partial charge in [-0.2, -0.15) is 0 Å². The van der Waals surface area contributed by atoms with Gasteiger partial charge in [-0.1, -0.05) is 0 Å². The van der Waals surface area contributed by atoms with Gasteiger partial charge in [0, 0.05) is 19.2 Å². The SMILES string of the molecule is CCn1c(C)nnc1CN1CCCC1CCCO. The van der Waals surface area contributed by atoms with Gasteiger partial charge in [-0.3, -0.25) is 4.90 Å². The number of rotatable bonds is 6. The number of aliphatic hydroxyl groups is 1. The molecule has 1 N–H and O–H groups in total. The highest BCUT2D eigenvalue weighted by molar-refractivity contribution is 4.95. The maximum atomic E-state index is 8.94. The van der Waals surface area contributed by atoms with Gasteiger partial charge in [0.1, 0.15) is 11.6 Å². The molecule has 0 aliphatic carbocycles. The number of hydrogen-bond donors (Lipinski definition) is 1. The Kier molecular flexibility index (Phi) is 4.72. The van der Waals surface area contributed by atoms with Crippen molar-refractivity contribution >= 4 is 0 Å². The van der Waals surface area contributed by atoms with Crippen LogP contribution in [-0.4, -0.2) is 44.0 Å². The van der Waals surface area contributed by atoms with E-state index in [0.29, 0.717) is 12.6 Å². The summed E-state index contributed by atoms with van der Waals surface area (Å²) in [7, 11) is 0. The minimum absolute atomic E-state index is 0.300. The van der Waals surface area contributed by atoms with Crippen LogP contribution in [0.5, 0.6) is 0 Å². The van der Waals surface area contributed by atoms with Crippen LogP contribution in [0.3, 0.4) is 0 Å². The standard InChI is InChI=1S/C13H24N4O/c1-3-17-11(2)14-15-13(17)10-16-8-4-6-12(16)7-5-9-18/h12,18H,3-10H2,1-2H3. The van der Waals surface area contributed by atoms with Gasteiger partial charge in [0.15, 0.2) is 0 Å². The molecule has 1 saturated heterocycles. The quantitative estimate of drug-likeness (QED) is 0.830. The van der Waals surface area contributed by atoms with E-state index in [1.807, 2.05) is 6.92 Å². The molecule has 0 radical (unpaired) electrons. The van der Waals surface area contributed by atoms with Crippen LogP contribution in [-0.2, 0) is 13.1 Å². The highest BCUT2D eigenvalue weighted by Crippen LogP contribution is 2.23. The minimum Gasteiger partial charge on any atom is -0.396 e. The Balaban J connectivity index is 1.99. The molecule has 2 heterocycles. The second-order valence-corrected chi connectivity index (χ2v) is 5.04. The number of aromatic nitrogens is 3. The second-order valence-electron chi connectivity index (χ2n) is 5.04. The Bertz CT molecular complexity index is 377. The lowest BCUT2D eigenvalue weighted by atomic mass is 10.1. The summed E-state index contributed by atoms with van der Waals surface area (Å²) in [4.78, 5) is 2.49. The van der Waals surface area contributed by atoms with Crippen molar-refractivity contribution in [3.8, 4) is 0 Å². The molecule has 0 bridgehead atoms. The van der Waals surface area contributed by atoms with Gasteiger partial charge in [0.25, 0.3) is 0 Å². The molecule has 0 aromatic carbocycles. The van der Waals surface area contributed by atoms with Crippen molar-refractivity contribution in [3.63, 3.8) is 0 Å². The van der Waals surface area contributed by atoms with Crippen LogP contribution in [0.1, 0.15) is 44.3 Å². The lowest BCUT2D eigenvalue weighted by Gasteiger charge is -2.23. The predicted octanol–water partition coefficient (Wildman–Crippen LogP) is 1.34. The second kappa shape index (κ2) is 6.29. The van der Waals surface area contributed by atoms with Crippen LogP contribution in [0.2, 0.25) is 0 Å². The van der Waals surface area contributed by atoms with E-state index in [0.717, 1.165) is 44.1 Å². The van der Waals surface area contributed by atoms with E-state index in [1.54, 1.807) is 0 Å². The summed E-state index contributed by atoms with van der Waals surface area (Å²) in [6, 6.07) is 0.611. The molecule has 1 aromatic rings. The number of aliphatic hydroxyl groups excluding tert-OH is 1. The first-order chi connectivity index (χ1) is 8.76. The molecule has 0 saturated carbocycles. The van der Waals surface area contributed by atoms with Crippen molar-refractivity contribution in [2.75, 3.05) is 13.2 Å². The summed E-state index contributed by atoms with van der Waals surface area (Å²) >= 11 is 0. The predicted molar refractivity (Wildman–Crippen MR) is 70.2 cm³/mol. The number of likely N-dealkylation sites (tertiary alicyclic amines) is 1. The fourth-order valence-electron chi connectivity index (χ4n) is 2.89. The molecular weight excluding hydrogens is 228 g/mol. The van der Waals surface area contributed by atoms with Crippen molar-refractivity contribution in [1.82, 2.24) is 19.7 Å². The molecule has 1 atom stereocenters. The van der Waals surface area contributed by atoms with Crippen molar-refractivity contribution in [2.45, 2.75) is 58.7 Å². The highest BCUT2D eigenvalue weighted by Gasteiger charge is 2.25. The Labute approximate surface area is 109 Å². The lowest BCUT2D eigenvalue weighted by Crippen LogP contribution is -2.30. The van der Waals surface area contributed by atoms with E-state index < -0.39 is 0 Å². The molecule has 5 heteroatoms. The average Bonchev–Trinajstić information content (AvgIpc) is 2.94. The van der Waals surface area contributed by atoms with Crippen LogP contribution in [0.4, 0.5) is 0 Å². The zero-order valence-corrected chi connectivity index (χ0v) is 11.5. The van der Waals surface area contributed by atoms with E-state index in [4.69, 9.17) is 5.11 Å². The van der Waals surface area contributed by atoms with Crippen LogP contribution in [0, 0.1) is 6.92 Å². The normalized spacial score (nSPS) is 20.7. The zero-order valence-electron chi connectivity index (χ0n) is 11.5. The monoisotopic (exact) mass is 252 g/mol. The third-order valence-corrected chi connectivity index (χ3v) is 3.87. The first-order valence-corrected chi connectivity index (χ1v) is 6.99. The van der Waals surface area contributed by atoms with Gasteiger partial charge in [0.2, 0.25) is 0 Å². The topological polar surface area (TPSA) is 54.2 Å². The summed E-state index contributed by atoms with van der Waals surface area (Å²) in [6.07, 6.45) is 4.50. The maximum Gasteiger partial charge on any atom is 0.147 e. The summed E-state index contributed by atoms with van der Waals surface area (Å²) in [5.41, 5.74) is 0. The van der Waals surface area contributed by atoms with Crippen molar-refractivity contribution < 1.29 is 5.11 Å². The molecule has 1 fully saturated rings. The van der Waals surface area contributed by atoms with Crippen molar-refractivity contribution in [3.05, 3.63) is 11.6 Å². The molecule has 1 aliphatic rings. The number of hydrogen-bond acceptors (Lipinski definition) is 4. The summed E-state index contributed by atoms with van der Waals surface area (Å²) in [5, 5.41) is 17.4. The number of nitrogens with zero attached hydrogens (tertiary/aromatic N) is 4. The molecule has 5 nitrogen and oxygen atoms in total. The molecule has 18 heavy (non-hydrogen) atoms. The first kappa shape index (κ1) is 13.5. The van der Waals surface area contributed by atoms with Crippen molar-refractivity contribution in [1.29, 1.82) is 0 Å². The van der Waals surface area contributed by atoms with Crippen LogP contribution >= 0.6 is 0 Å². The van der Waals surface area contributed by atoms with Gasteiger partial charge in [-0.05, 0) is 46.1 Å². The zero-order chi connectivity index (χ0) is 13.0. The van der Waals surface area contributed by atoms with Gasteiger partial charge < -0.3 is 9.67 Å². The third kappa shape index (κ3) is 2.90. The lowest BCUT2D eigenvalue weighted by molar-refractivity contribution is 0.204. The highest BCUT2D eigenvalue weighted by atomic mass is 16.2. The third-order valence-electron chi connectivity index (χ3n) is 3.87. The van der Waals surface area contributed by atoms with Crippen molar-refractivity contribution in [2.24, 2.45) is 0 Å². The van der Waals surface area contributed by atoms with Gasteiger partial charge in [-0.15, -0.1) is 10.2 Å². The van der Waals surface area contributed by atoms with Gasteiger partial charge in [-0.25, -0.2) is 0 Å². The summed E-state index contributed by atoms with van der Waals surface area (Å²) in [5.74, 6) is 2.07. The maximum absolute atomic E-state index is 8.94. The Hall–Kier alpha value is -0.940. The van der Waals surface area contributed by atoms with E-state index in [9.17, 15) is 0 Å². The molecule has 1 aromatic heterocycles. The molecular formula is C13H24N4O. The summed E-state index contributed by atoms with van der Waals surface area (Å²) in [6.45, 7) is 7.41. The average molecular weight is 252 g/mol. The Morgan fingerprint density at radius 3 is 2.94 bits per heavy atom. The largest absolute Gasteiger partial charge is 0.396 e. The van der Waals surface area contributed by atoms with Crippen LogP contribution in [0.25, 0.3) is 0 Å². The van der Waals surface area contributed by atoms with Crippen LogP contribution in [0.15, 0.2) is 0 Å². The molecule has 102 valence electrons. The summed E-state index contributed by atoms with van der Waals surface area (Å²) < 4.78 is 2.18. The van der Waals surface area contributed by atoms with Gasteiger partial charge >= 0.3 is 0 Å². The van der Waals surface area contributed by atoms with Gasteiger partial charge in [0.05, 0.1) is 6.54 Å². The first-order valence-electron chi connectivity index (χ1n) is 6.99. The molecule has 0 spiro atoms. The Morgan fingerprint density at radius 1 is 1.39 bits per heavy atom. The van der Waals surface area contributed by atoms with E-state index in [2.05, 4.69) is 26.6 Å². The van der Waals surface area contributed by atoms with E-state index in [1.165, 1.54) is 12.8 Å². The molecule has 1 aliphatic heterocycles. The molecule has 0 amide bonds. The van der Waals surface area contributed by atoms with Crippen LogP contribution < -0.4 is 0 Å². The minimum atomic E-state index is 0.300. The molecule has 1 unspecified atom stereocenters. The number of aryl methyl sites for hydroxylation is 1. The fraction of sp³-hybridized carbons (Fsp3) is 0.846. The van der Waals surface area contributed by atoms with E-state index in [-0.39, 0.29) is 0 Å². The Morgan fingerprint density at radius 2 is 2.22 bits per heavy atom. The van der Waals surface area contributed by atoms with E-state index >= 15 is 0 Å².